The highest BCUT2D eigenvalue weighted by Gasteiger charge is 2.21. The number of nitro benzene ring substituents is 1. The molecule has 1 N–H and O–H groups in total. The number of H-pyrrole nitrogens is 1. The number of hydrogen-bond donors (Lipinski definition) is 1. The average Bonchev–Trinajstić information content (AvgIpc) is 2.41. The second-order valence-corrected chi connectivity index (χ2v) is 4.90. The minimum absolute atomic E-state index is 0.0747. The SMILES string of the molecule is O=c1cnc2c([N+](=O)[O-])c(Br)c(Br)cc2[nH]c1=O. The van der Waals surface area contributed by atoms with Crippen molar-refractivity contribution in [1.82, 2.24) is 9.97 Å². The fourth-order valence-electron chi connectivity index (χ4n) is 1.36. The number of benzene rings is 1. The summed E-state index contributed by atoms with van der Waals surface area (Å²) in [6.07, 6.45) is 0.758. The molecular weight excluding hydrogens is 374 g/mol. The van der Waals surface area contributed by atoms with E-state index in [9.17, 15) is 19.7 Å². The first-order valence-corrected chi connectivity index (χ1v) is 6.06. The molecular formula is C9H3Br2N3O4. The summed E-state index contributed by atoms with van der Waals surface area (Å²) in [5.74, 6) is 0. The molecule has 0 saturated carbocycles. The van der Waals surface area contributed by atoms with Gasteiger partial charge in [-0.2, -0.15) is 0 Å². The molecule has 0 fully saturated rings. The number of fused-ring (bicyclic) bond motifs is 1. The van der Waals surface area contributed by atoms with Crippen molar-refractivity contribution in [2.75, 3.05) is 0 Å². The maximum Gasteiger partial charge on any atom is 0.312 e. The van der Waals surface area contributed by atoms with Gasteiger partial charge in [-0.1, -0.05) is 0 Å². The van der Waals surface area contributed by atoms with Crippen LogP contribution in [-0.2, 0) is 0 Å². The van der Waals surface area contributed by atoms with Crippen LogP contribution in [0.3, 0.4) is 0 Å². The second kappa shape index (κ2) is 4.58. The number of nitrogens with zero attached hydrogens (tertiary/aromatic N) is 2. The van der Waals surface area contributed by atoms with Gasteiger partial charge in [0.1, 0.15) is 4.47 Å². The Labute approximate surface area is 115 Å². The highest BCUT2D eigenvalue weighted by atomic mass is 79.9. The normalized spacial score (nSPS) is 10.6. The molecule has 0 aliphatic heterocycles. The number of halogens is 2. The smallest absolute Gasteiger partial charge is 0.312 e. The zero-order valence-electron chi connectivity index (χ0n) is 8.44. The minimum Gasteiger partial charge on any atom is -0.317 e. The van der Waals surface area contributed by atoms with Gasteiger partial charge in [-0.15, -0.1) is 0 Å². The molecule has 9 heteroatoms. The number of nitro groups is 1. The van der Waals surface area contributed by atoms with E-state index in [1.54, 1.807) is 0 Å². The van der Waals surface area contributed by atoms with E-state index in [0.717, 1.165) is 6.20 Å². The van der Waals surface area contributed by atoms with Crippen LogP contribution in [0.2, 0.25) is 0 Å². The van der Waals surface area contributed by atoms with E-state index in [1.165, 1.54) is 6.07 Å². The highest BCUT2D eigenvalue weighted by molar-refractivity contribution is 9.13. The van der Waals surface area contributed by atoms with Crippen molar-refractivity contribution < 1.29 is 4.92 Å². The molecule has 0 radical (unpaired) electrons. The Morgan fingerprint density at radius 2 is 2.00 bits per heavy atom. The maximum atomic E-state index is 11.3. The average molecular weight is 377 g/mol. The molecule has 1 aromatic carbocycles. The summed E-state index contributed by atoms with van der Waals surface area (Å²) in [6.45, 7) is 0. The first-order chi connectivity index (χ1) is 8.41. The Bertz CT molecular complexity index is 787. The van der Waals surface area contributed by atoms with Crippen LogP contribution in [0.5, 0.6) is 0 Å². The lowest BCUT2D eigenvalue weighted by Gasteiger charge is -2.00. The van der Waals surface area contributed by atoms with Crippen LogP contribution in [0, 0.1) is 10.1 Å². The van der Waals surface area contributed by atoms with Crippen molar-refractivity contribution in [3.8, 4) is 0 Å². The Morgan fingerprint density at radius 3 is 2.61 bits per heavy atom. The van der Waals surface area contributed by atoms with Crippen LogP contribution < -0.4 is 11.0 Å². The summed E-state index contributed by atoms with van der Waals surface area (Å²) in [5, 5.41) is 11.0. The molecule has 7 nitrogen and oxygen atoms in total. The van der Waals surface area contributed by atoms with Crippen LogP contribution >= 0.6 is 31.9 Å². The third-order valence-electron chi connectivity index (χ3n) is 2.13. The van der Waals surface area contributed by atoms with Crippen molar-refractivity contribution >= 4 is 48.6 Å². The van der Waals surface area contributed by atoms with Gasteiger partial charge in [0, 0.05) is 4.47 Å². The topological polar surface area (TPSA) is 106 Å². The van der Waals surface area contributed by atoms with Crippen LogP contribution in [0.1, 0.15) is 0 Å². The number of nitrogens with one attached hydrogen (secondary N) is 1. The molecule has 1 aromatic heterocycles. The number of hydrogen-bond acceptors (Lipinski definition) is 5. The van der Waals surface area contributed by atoms with E-state index < -0.39 is 15.9 Å². The maximum absolute atomic E-state index is 11.3. The van der Waals surface area contributed by atoms with Gasteiger partial charge >= 0.3 is 5.69 Å². The molecule has 0 bridgehead atoms. The molecule has 0 aliphatic carbocycles. The lowest BCUT2D eigenvalue weighted by molar-refractivity contribution is -0.384. The summed E-state index contributed by atoms with van der Waals surface area (Å²) in [7, 11) is 0. The molecule has 0 aliphatic rings. The van der Waals surface area contributed by atoms with Gasteiger partial charge in [0.25, 0.3) is 11.0 Å². The number of rotatable bonds is 1. The predicted octanol–water partition coefficient (Wildman–Crippen LogP) is 1.72. The molecule has 0 saturated heterocycles. The Morgan fingerprint density at radius 1 is 1.33 bits per heavy atom. The molecule has 0 unspecified atom stereocenters. The lowest BCUT2D eigenvalue weighted by atomic mass is 10.2. The molecule has 2 aromatic rings. The zero-order valence-corrected chi connectivity index (χ0v) is 11.6. The monoisotopic (exact) mass is 375 g/mol. The second-order valence-electron chi connectivity index (χ2n) is 3.25. The molecule has 92 valence electrons. The standard InChI is InChI=1S/C9H3Br2N3O4/c10-3-1-4-7(8(6(3)11)14(17)18)12-2-5(15)9(16)13-4/h1-2H,(H,13,15,16). The van der Waals surface area contributed by atoms with Gasteiger partial charge in [0.15, 0.2) is 5.52 Å². The van der Waals surface area contributed by atoms with Crippen molar-refractivity contribution in [3.05, 3.63) is 51.9 Å². The summed E-state index contributed by atoms with van der Waals surface area (Å²) in [6, 6.07) is 1.43. The first-order valence-electron chi connectivity index (χ1n) is 4.47. The van der Waals surface area contributed by atoms with Gasteiger partial charge in [-0.05, 0) is 37.9 Å². The molecule has 2 rings (SSSR count). The van der Waals surface area contributed by atoms with E-state index in [-0.39, 0.29) is 21.2 Å². The number of aromatic amines is 1. The Balaban J connectivity index is 3.13. The van der Waals surface area contributed by atoms with Gasteiger partial charge < -0.3 is 4.98 Å². The van der Waals surface area contributed by atoms with E-state index in [4.69, 9.17) is 0 Å². The minimum atomic E-state index is -0.888. The lowest BCUT2D eigenvalue weighted by Crippen LogP contribution is -2.22. The molecule has 18 heavy (non-hydrogen) atoms. The summed E-state index contributed by atoms with van der Waals surface area (Å²) in [4.78, 5) is 38.8. The summed E-state index contributed by atoms with van der Waals surface area (Å²) < 4.78 is 0.560. The van der Waals surface area contributed by atoms with Gasteiger partial charge in [0.05, 0.1) is 16.6 Å². The zero-order chi connectivity index (χ0) is 13.4. The molecule has 0 atom stereocenters. The summed E-state index contributed by atoms with van der Waals surface area (Å²) >= 11 is 6.17. The van der Waals surface area contributed by atoms with Crippen molar-refractivity contribution in [3.63, 3.8) is 0 Å². The van der Waals surface area contributed by atoms with E-state index in [0.29, 0.717) is 4.47 Å². The molecule has 0 spiro atoms. The quantitative estimate of drug-likeness (QED) is 0.463. The van der Waals surface area contributed by atoms with Crippen molar-refractivity contribution in [1.29, 1.82) is 0 Å². The Hall–Kier alpha value is -1.61. The van der Waals surface area contributed by atoms with Crippen molar-refractivity contribution in [2.45, 2.75) is 0 Å². The van der Waals surface area contributed by atoms with Crippen molar-refractivity contribution in [2.24, 2.45) is 0 Å². The van der Waals surface area contributed by atoms with Gasteiger partial charge in [0.2, 0.25) is 0 Å². The highest BCUT2D eigenvalue weighted by Crippen LogP contribution is 2.36. The largest absolute Gasteiger partial charge is 0.317 e. The van der Waals surface area contributed by atoms with Crippen LogP contribution in [0.15, 0.2) is 30.8 Å². The van der Waals surface area contributed by atoms with E-state index in [1.807, 2.05) is 0 Å². The molecule has 1 heterocycles. The Kier molecular flexibility index (Phi) is 3.26. The fourth-order valence-corrected chi connectivity index (χ4v) is 2.23. The van der Waals surface area contributed by atoms with Gasteiger partial charge in [-0.3, -0.25) is 19.7 Å². The van der Waals surface area contributed by atoms with E-state index in [2.05, 4.69) is 41.8 Å². The third kappa shape index (κ3) is 2.06. The molecule has 0 amide bonds. The number of aromatic nitrogens is 2. The van der Waals surface area contributed by atoms with E-state index >= 15 is 0 Å². The van der Waals surface area contributed by atoms with Crippen LogP contribution in [-0.4, -0.2) is 14.9 Å². The van der Waals surface area contributed by atoms with Crippen LogP contribution in [0.4, 0.5) is 5.69 Å². The fraction of sp³-hybridized carbons (Fsp3) is 0. The third-order valence-corrected chi connectivity index (χ3v) is 4.09. The predicted molar refractivity (Wildman–Crippen MR) is 70.7 cm³/mol. The van der Waals surface area contributed by atoms with Crippen LogP contribution in [0.25, 0.3) is 11.0 Å². The summed E-state index contributed by atoms with van der Waals surface area (Å²) in [5.41, 5.74) is -2.06. The van der Waals surface area contributed by atoms with Gasteiger partial charge in [-0.25, -0.2) is 4.98 Å². The first kappa shape index (κ1) is 12.8.